The number of carbonyl (C=O) groups is 1. The van der Waals surface area contributed by atoms with Crippen molar-refractivity contribution >= 4 is 12.0 Å². The van der Waals surface area contributed by atoms with Crippen LogP contribution in [0, 0.1) is 0 Å². The summed E-state index contributed by atoms with van der Waals surface area (Å²) in [7, 11) is 4.68. The van der Waals surface area contributed by atoms with Crippen LogP contribution in [0.25, 0.3) is 6.08 Å². The number of nitrogens with zero attached hydrogens (tertiary/aromatic N) is 1. The molecule has 0 radical (unpaired) electrons. The molecule has 6 nitrogen and oxygen atoms in total. The highest BCUT2D eigenvalue weighted by Crippen LogP contribution is 2.38. The third-order valence-corrected chi connectivity index (χ3v) is 3.74. The van der Waals surface area contributed by atoms with Crippen LogP contribution in [0.4, 0.5) is 0 Å². The predicted octanol–water partition coefficient (Wildman–Crippen LogP) is 2.18. The molecule has 0 aromatic heterocycles. The average molecular weight is 336 g/mol. The summed E-state index contributed by atoms with van der Waals surface area (Å²) in [5, 5.41) is 2.88. The molecule has 0 aliphatic carbocycles. The minimum atomic E-state index is -0.129. The molecule has 1 rings (SSSR count). The molecule has 0 heterocycles. The maximum Gasteiger partial charge on any atom is 0.244 e. The molecular weight excluding hydrogens is 308 g/mol. The van der Waals surface area contributed by atoms with E-state index in [2.05, 4.69) is 24.1 Å². The second kappa shape index (κ2) is 10.5. The van der Waals surface area contributed by atoms with Crippen LogP contribution in [0.1, 0.15) is 19.4 Å². The highest BCUT2D eigenvalue weighted by molar-refractivity contribution is 5.91. The maximum atomic E-state index is 11.9. The zero-order chi connectivity index (χ0) is 17.9. The lowest BCUT2D eigenvalue weighted by Crippen LogP contribution is -2.34. The first-order valence-electron chi connectivity index (χ1n) is 8.07. The highest BCUT2D eigenvalue weighted by atomic mass is 16.5. The second-order valence-corrected chi connectivity index (χ2v) is 5.11. The van der Waals surface area contributed by atoms with Crippen molar-refractivity contribution < 1.29 is 19.0 Å². The van der Waals surface area contributed by atoms with Gasteiger partial charge in [-0.3, -0.25) is 4.79 Å². The van der Waals surface area contributed by atoms with Gasteiger partial charge in [0.2, 0.25) is 11.7 Å². The minimum Gasteiger partial charge on any atom is -0.493 e. The van der Waals surface area contributed by atoms with E-state index in [1.807, 2.05) is 0 Å². The normalized spacial score (nSPS) is 10.9. The molecule has 0 spiro atoms. The van der Waals surface area contributed by atoms with Crippen molar-refractivity contribution in [3.63, 3.8) is 0 Å². The molecule has 0 unspecified atom stereocenters. The molecule has 1 aromatic rings. The molecule has 0 aliphatic rings. The van der Waals surface area contributed by atoms with Gasteiger partial charge in [0.15, 0.2) is 11.5 Å². The van der Waals surface area contributed by atoms with E-state index >= 15 is 0 Å². The number of methoxy groups -OCH3 is 3. The van der Waals surface area contributed by atoms with E-state index in [0.717, 1.165) is 25.2 Å². The molecular formula is C18H28N2O4. The topological polar surface area (TPSA) is 60.0 Å². The number of carbonyl (C=O) groups excluding carboxylic acids is 1. The van der Waals surface area contributed by atoms with Crippen molar-refractivity contribution in [2.24, 2.45) is 0 Å². The summed E-state index contributed by atoms with van der Waals surface area (Å²) in [6, 6.07) is 3.59. The Kier molecular flexibility index (Phi) is 8.71. The summed E-state index contributed by atoms with van der Waals surface area (Å²) in [6.07, 6.45) is 3.22. The first kappa shape index (κ1) is 19.8. The van der Waals surface area contributed by atoms with Crippen molar-refractivity contribution in [2.75, 3.05) is 47.5 Å². The van der Waals surface area contributed by atoms with Crippen molar-refractivity contribution in [1.82, 2.24) is 10.2 Å². The lowest BCUT2D eigenvalue weighted by molar-refractivity contribution is -0.116. The third kappa shape index (κ3) is 5.77. The fourth-order valence-electron chi connectivity index (χ4n) is 2.31. The number of likely N-dealkylation sites (N-methyl/N-ethyl adjacent to an activating group) is 1. The summed E-state index contributed by atoms with van der Waals surface area (Å²) in [6.45, 7) is 7.64. The molecule has 134 valence electrons. The van der Waals surface area contributed by atoms with Crippen LogP contribution in [0.5, 0.6) is 17.2 Å². The lowest BCUT2D eigenvalue weighted by Gasteiger charge is -2.17. The fraction of sp³-hybridized carbons (Fsp3) is 0.500. The molecule has 6 heteroatoms. The van der Waals surface area contributed by atoms with Crippen molar-refractivity contribution in [1.29, 1.82) is 0 Å². The van der Waals surface area contributed by atoms with Crippen molar-refractivity contribution in [2.45, 2.75) is 13.8 Å². The van der Waals surface area contributed by atoms with Crippen molar-refractivity contribution in [3.05, 3.63) is 23.8 Å². The Balaban J connectivity index is 2.71. The summed E-state index contributed by atoms with van der Waals surface area (Å²) in [4.78, 5) is 14.2. The van der Waals surface area contributed by atoms with Gasteiger partial charge in [0, 0.05) is 19.2 Å². The van der Waals surface area contributed by atoms with Gasteiger partial charge in [-0.25, -0.2) is 0 Å². The van der Waals surface area contributed by atoms with E-state index in [-0.39, 0.29) is 5.91 Å². The van der Waals surface area contributed by atoms with Crippen LogP contribution in [-0.4, -0.2) is 58.3 Å². The summed E-state index contributed by atoms with van der Waals surface area (Å²) in [5.41, 5.74) is 0.795. The van der Waals surface area contributed by atoms with E-state index in [1.54, 1.807) is 39.5 Å². The Labute approximate surface area is 144 Å². The number of nitrogens with one attached hydrogen (secondary N) is 1. The number of ether oxygens (including phenoxy) is 3. The van der Waals surface area contributed by atoms with Crippen LogP contribution in [0.3, 0.4) is 0 Å². The zero-order valence-electron chi connectivity index (χ0n) is 15.2. The van der Waals surface area contributed by atoms with Gasteiger partial charge >= 0.3 is 0 Å². The first-order chi connectivity index (χ1) is 11.6. The summed E-state index contributed by atoms with van der Waals surface area (Å²) < 4.78 is 15.9. The second-order valence-electron chi connectivity index (χ2n) is 5.11. The number of hydrogen-bond acceptors (Lipinski definition) is 5. The van der Waals surface area contributed by atoms with Gasteiger partial charge in [0.25, 0.3) is 0 Å². The molecule has 1 amide bonds. The first-order valence-corrected chi connectivity index (χ1v) is 8.07. The van der Waals surface area contributed by atoms with E-state index in [4.69, 9.17) is 14.2 Å². The number of benzene rings is 1. The van der Waals surface area contributed by atoms with Gasteiger partial charge in [-0.1, -0.05) is 13.8 Å². The lowest BCUT2D eigenvalue weighted by atomic mass is 10.1. The average Bonchev–Trinajstić information content (AvgIpc) is 2.62. The highest BCUT2D eigenvalue weighted by Gasteiger charge is 2.12. The Hall–Kier alpha value is -2.21. The molecule has 1 aromatic carbocycles. The molecule has 0 saturated heterocycles. The molecule has 0 saturated carbocycles. The summed E-state index contributed by atoms with van der Waals surface area (Å²) in [5.74, 6) is 1.51. The Bertz CT molecular complexity index is 529. The fourth-order valence-corrected chi connectivity index (χ4v) is 2.31. The van der Waals surface area contributed by atoms with Gasteiger partial charge in [-0.15, -0.1) is 0 Å². The quantitative estimate of drug-likeness (QED) is 0.664. The summed E-state index contributed by atoms with van der Waals surface area (Å²) >= 11 is 0. The maximum absolute atomic E-state index is 11.9. The Morgan fingerprint density at radius 3 is 2.12 bits per heavy atom. The minimum absolute atomic E-state index is 0.129. The van der Waals surface area contributed by atoms with E-state index in [1.165, 1.54) is 6.08 Å². The molecule has 24 heavy (non-hydrogen) atoms. The zero-order valence-corrected chi connectivity index (χ0v) is 15.2. The number of rotatable bonds is 10. The Morgan fingerprint density at radius 1 is 1.08 bits per heavy atom. The van der Waals surface area contributed by atoms with Crippen LogP contribution in [0.2, 0.25) is 0 Å². The molecule has 0 aliphatic heterocycles. The third-order valence-electron chi connectivity index (χ3n) is 3.74. The van der Waals surface area contributed by atoms with Gasteiger partial charge in [0.05, 0.1) is 21.3 Å². The van der Waals surface area contributed by atoms with E-state index in [0.29, 0.717) is 23.8 Å². The predicted molar refractivity (Wildman–Crippen MR) is 95.9 cm³/mol. The van der Waals surface area contributed by atoms with Gasteiger partial charge in [0.1, 0.15) is 0 Å². The molecule has 0 atom stereocenters. The van der Waals surface area contributed by atoms with Gasteiger partial charge < -0.3 is 24.4 Å². The molecule has 0 fully saturated rings. The van der Waals surface area contributed by atoms with Crippen molar-refractivity contribution in [3.8, 4) is 17.2 Å². The van der Waals surface area contributed by atoms with Gasteiger partial charge in [-0.05, 0) is 36.9 Å². The van der Waals surface area contributed by atoms with Gasteiger partial charge in [-0.2, -0.15) is 0 Å². The van der Waals surface area contributed by atoms with E-state index in [9.17, 15) is 4.79 Å². The number of hydrogen-bond donors (Lipinski definition) is 1. The SMILES string of the molecule is CCN(CC)CCNC(=O)C=Cc1cc(OC)c(OC)c(OC)c1. The van der Waals surface area contributed by atoms with E-state index < -0.39 is 0 Å². The molecule has 0 bridgehead atoms. The largest absolute Gasteiger partial charge is 0.493 e. The van der Waals surface area contributed by atoms with Crippen LogP contribution in [0.15, 0.2) is 18.2 Å². The van der Waals surface area contributed by atoms with Crippen LogP contribution in [-0.2, 0) is 4.79 Å². The number of amides is 1. The monoisotopic (exact) mass is 336 g/mol. The smallest absolute Gasteiger partial charge is 0.244 e. The molecule has 1 N–H and O–H groups in total. The van der Waals surface area contributed by atoms with Crippen LogP contribution < -0.4 is 19.5 Å². The van der Waals surface area contributed by atoms with Crippen LogP contribution >= 0.6 is 0 Å². The standard InChI is InChI=1S/C18H28N2O4/c1-6-20(7-2)11-10-19-17(21)9-8-14-12-15(22-3)18(24-5)16(13-14)23-4/h8-9,12-13H,6-7,10-11H2,1-5H3,(H,19,21). The Morgan fingerprint density at radius 2 is 1.67 bits per heavy atom.